The van der Waals surface area contributed by atoms with Gasteiger partial charge in [-0.25, -0.2) is 8.42 Å². The highest BCUT2D eigenvalue weighted by Crippen LogP contribution is 2.20. The summed E-state index contributed by atoms with van der Waals surface area (Å²) in [5.41, 5.74) is 3.25. The predicted molar refractivity (Wildman–Crippen MR) is 82.8 cm³/mol. The molecule has 0 aliphatic carbocycles. The van der Waals surface area contributed by atoms with Crippen molar-refractivity contribution >= 4 is 15.5 Å². The SMILES string of the molecule is Cc1cc(S(C)(=O)=O)ccc1NCc1ccccc1C#N. The zero-order chi connectivity index (χ0) is 15.5. The second-order valence-corrected chi connectivity index (χ2v) is 6.89. The summed E-state index contributed by atoms with van der Waals surface area (Å²) in [4.78, 5) is 0.308. The van der Waals surface area contributed by atoms with Gasteiger partial charge in [0.2, 0.25) is 0 Å². The van der Waals surface area contributed by atoms with Gasteiger partial charge in [-0.1, -0.05) is 18.2 Å². The smallest absolute Gasteiger partial charge is 0.175 e. The standard InChI is InChI=1S/C16H16N2O2S/c1-12-9-15(21(2,19)20)7-8-16(12)18-11-14-6-4-3-5-13(14)10-17/h3-9,18H,11H2,1-2H3. The van der Waals surface area contributed by atoms with Crippen LogP contribution in [0.2, 0.25) is 0 Å². The van der Waals surface area contributed by atoms with Crippen molar-refractivity contribution in [2.75, 3.05) is 11.6 Å². The number of sulfone groups is 1. The molecule has 2 rings (SSSR count). The second-order valence-electron chi connectivity index (χ2n) is 4.87. The van der Waals surface area contributed by atoms with Crippen molar-refractivity contribution in [2.24, 2.45) is 0 Å². The molecule has 4 nitrogen and oxygen atoms in total. The van der Waals surface area contributed by atoms with Gasteiger partial charge in [-0.3, -0.25) is 0 Å². The molecule has 0 spiro atoms. The Bertz CT molecular complexity index is 805. The third kappa shape index (κ3) is 3.61. The van der Waals surface area contributed by atoms with Crippen LogP contribution in [0.15, 0.2) is 47.4 Å². The van der Waals surface area contributed by atoms with Gasteiger partial charge in [0.05, 0.1) is 16.5 Å². The Morgan fingerprint density at radius 3 is 2.52 bits per heavy atom. The Morgan fingerprint density at radius 2 is 1.90 bits per heavy atom. The molecule has 0 atom stereocenters. The Hall–Kier alpha value is -2.32. The fraction of sp³-hybridized carbons (Fsp3) is 0.188. The van der Waals surface area contributed by atoms with Crippen molar-refractivity contribution in [1.82, 2.24) is 0 Å². The summed E-state index contributed by atoms with van der Waals surface area (Å²) in [6.07, 6.45) is 1.19. The second kappa shape index (κ2) is 5.98. The predicted octanol–water partition coefficient (Wildman–Crippen LogP) is 2.88. The summed E-state index contributed by atoms with van der Waals surface area (Å²) in [5, 5.41) is 12.3. The lowest BCUT2D eigenvalue weighted by Gasteiger charge is -2.11. The van der Waals surface area contributed by atoms with E-state index in [0.29, 0.717) is 17.0 Å². The van der Waals surface area contributed by atoms with Gasteiger partial charge in [0.15, 0.2) is 9.84 Å². The Kier molecular flexibility index (Phi) is 4.29. The molecule has 0 radical (unpaired) electrons. The third-order valence-corrected chi connectivity index (χ3v) is 4.34. The largest absolute Gasteiger partial charge is 0.381 e. The van der Waals surface area contributed by atoms with Gasteiger partial charge in [0.1, 0.15) is 0 Å². The lowest BCUT2D eigenvalue weighted by Crippen LogP contribution is -2.04. The first kappa shape index (κ1) is 15.1. The lowest BCUT2D eigenvalue weighted by molar-refractivity contribution is 0.602. The topological polar surface area (TPSA) is 70.0 Å². The van der Waals surface area contributed by atoms with E-state index in [-0.39, 0.29) is 0 Å². The quantitative estimate of drug-likeness (QED) is 0.942. The summed E-state index contributed by atoms with van der Waals surface area (Å²) in [6, 6.07) is 14.5. The number of anilines is 1. The number of nitrogens with zero attached hydrogens (tertiary/aromatic N) is 1. The highest BCUT2D eigenvalue weighted by molar-refractivity contribution is 7.90. The molecule has 0 saturated heterocycles. The van der Waals surface area contributed by atoms with Crippen LogP contribution < -0.4 is 5.32 Å². The normalized spacial score (nSPS) is 10.9. The maximum absolute atomic E-state index is 11.5. The first-order chi connectivity index (χ1) is 9.91. The molecule has 0 unspecified atom stereocenters. The molecule has 21 heavy (non-hydrogen) atoms. The van der Waals surface area contributed by atoms with E-state index in [2.05, 4.69) is 11.4 Å². The molecule has 2 aromatic rings. The van der Waals surface area contributed by atoms with Crippen molar-refractivity contribution in [3.8, 4) is 6.07 Å². The molecule has 1 N–H and O–H groups in total. The Labute approximate surface area is 125 Å². The van der Waals surface area contributed by atoms with Gasteiger partial charge in [-0.15, -0.1) is 0 Å². The van der Waals surface area contributed by atoms with E-state index in [1.165, 1.54) is 6.26 Å². The molecular formula is C16H16N2O2S. The highest BCUT2D eigenvalue weighted by Gasteiger charge is 2.09. The van der Waals surface area contributed by atoms with Crippen molar-refractivity contribution in [2.45, 2.75) is 18.4 Å². The van der Waals surface area contributed by atoms with Crippen LogP contribution in [0.1, 0.15) is 16.7 Å². The van der Waals surface area contributed by atoms with Gasteiger partial charge in [0, 0.05) is 18.5 Å². The summed E-state index contributed by atoms with van der Waals surface area (Å²) >= 11 is 0. The summed E-state index contributed by atoms with van der Waals surface area (Å²) in [7, 11) is -3.19. The molecular weight excluding hydrogens is 284 g/mol. The minimum absolute atomic E-state index is 0.308. The average molecular weight is 300 g/mol. The van der Waals surface area contributed by atoms with Crippen LogP contribution in [0, 0.1) is 18.3 Å². The van der Waals surface area contributed by atoms with E-state index in [1.807, 2.05) is 25.1 Å². The molecule has 2 aromatic carbocycles. The first-order valence-electron chi connectivity index (χ1n) is 6.44. The van der Waals surface area contributed by atoms with E-state index < -0.39 is 9.84 Å². The highest BCUT2D eigenvalue weighted by atomic mass is 32.2. The van der Waals surface area contributed by atoms with Gasteiger partial charge in [0.25, 0.3) is 0 Å². The fourth-order valence-electron chi connectivity index (χ4n) is 2.04. The van der Waals surface area contributed by atoms with Crippen LogP contribution in [0.3, 0.4) is 0 Å². The van der Waals surface area contributed by atoms with Gasteiger partial charge in [-0.2, -0.15) is 5.26 Å². The summed E-state index contributed by atoms with van der Waals surface area (Å²) < 4.78 is 23.0. The number of nitriles is 1. The zero-order valence-corrected chi connectivity index (χ0v) is 12.7. The first-order valence-corrected chi connectivity index (χ1v) is 8.33. The van der Waals surface area contributed by atoms with E-state index in [9.17, 15) is 8.42 Å². The van der Waals surface area contributed by atoms with Crippen LogP contribution in [-0.2, 0) is 16.4 Å². The Morgan fingerprint density at radius 1 is 1.19 bits per heavy atom. The number of aryl methyl sites for hydroxylation is 1. The lowest BCUT2D eigenvalue weighted by atomic mass is 10.1. The van der Waals surface area contributed by atoms with Gasteiger partial charge < -0.3 is 5.32 Å². The van der Waals surface area contributed by atoms with Gasteiger partial charge in [-0.05, 0) is 42.3 Å². The zero-order valence-electron chi connectivity index (χ0n) is 11.9. The monoisotopic (exact) mass is 300 g/mol. The number of hydrogen-bond donors (Lipinski definition) is 1. The molecule has 0 saturated carbocycles. The van der Waals surface area contributed by atoms with Crippen molar-refractivity contribution in [1.29, 1.82) is 5.26 Å². The van der Waals surface area contributed by atoms with E-state index in [1.54, 1.807) is 24.3 Å². The molecule has 108 valence electrons. The molecule has 0 bridgehead atoms. The number of benzene rings is 2. The van der Waals surface area contributed by atoms with Crippen molar-refractivity contribution in [3.05, 3.63) is 59.2 Å². The number of hydrogen-bond acceptors (Lipinski definition) is 4. The molecule has 0 aromatic heterocycles. The minimum Gasteiger partial charge on any atom is -0.381 e. The van der Waals surface area contributed by atoms with Crippen molar-refractivity contribution in [3.63, 3.8) is 0 Å². The number of nitrogens with one attached hydrogen (secondary N) is 1. The Balaban J connectivity index is 2.20. The van der Waals surface area contributed by atoms with Crippen LogP contribution in [0.4, 0.5) is 5.69 Å². The van der Waals surface area contributed by atoms with Crippen LogP contribution >= 0.6 is 0 Å². The van der Waals surface area contributed by atoms with Crippen LogP contribution in [-0.4, -0.2) is 14.7 Å². The third-order valence-electron chi connectivity index (χ3n) is 3.23. The molecule has 0 aliphatic rings. The fourth-order valence-corrected chi connectivity index (χ4v) is 2.75. The van der Waals surface area contributed by atoms with Gasteiger partial charge >= 0.3 is 0 Å². The van der Waals surface area contributed by atoms with E-state index in [0.717, 1.165) is 16.8 Å². The van der Waals surface area contributed by atoms with Crippen molar-refractivity contribution < 1.29 is 8.42 Å². The summed E-state index contributed by atoms with van der Waals surface area (Å²) in [5.74, 6) is 0. The average Bonchev–Trinajstić information content (AvgIpc) is 2.45. The summed E-state index contributed by atoms with van der Waals surface area (Å²) in [6.45, 7) is 2.37. The van der Waals surface area contributed by atoms with Crippen LogP contribution in [0.25, 0.3) is 0 Å². The minimum atomic E-state index is -3.19. The van der Waals surface area contributed by atoms with E-state index >= 15 is 0 Å². The molecule has 0 amide bonds. The maximum atomic E-state index is 11.5. The van der Waals surface area contributed by atoms with Crippen LogP contribution in [0.5, 0.6) is 0 Å². The number of rotatable bonds is 4. The molecule has 0 heterocycles. The van der Waals surface area contributed by atoms with E-state index in [4.69, 9.17) is 5.26 Å². The molecule has 5 heteroatoms. The maximum Gasteiger partial charge on any atom is 0.175 e. The molecule has 0 aliphatic heterocycles. The molecule has 0 fully saturated rings.